The number of carboxylic acid groups (broad SMARTS) is 1. The summed E-state index contributed by atoms with van der Waals surface area (Å²) in [5.74, 6) is -5.84. The van der Waals surface area contributed by atoms with Gasteiger partial charge in [-0.1, -0.05) is 129 Å². The number of aliphatic hydroxyl groups is 2. The molecule has 5 aromatic carbocycles. The van der Waals surface area contributed by atoms with E-state index in [2.05, 4.69) is 29.8 Å². The Morgan fingerprint density at radius 2 is 0.925 bits per heavy atom. The summed E-state index contributed by atoms with van der Waals surface area (Å²) in [6, 6.07) is 36.7. The number of likely N-dealkylation sites (tertiary alicyclic amines) is 3. The van der Waals surface area contributed by atoms with Gasteiger partial charge < -0.3 is 59.6 Å². The van der Waals surface area contributed by atoms with Crippen LogP contribution in [0.3, 0.4) is 0 Å². The minimum atomic E-state index is -1.88. The Kier molecular flexibility index (Phi) is 22.4. The maximum absolute atomic E-state index is 13.6. The first kappa shape index (κ1) is 68.5. The number of benzene rings is 5. The van der Waals surface area contributed by atoms with Crippen molar-refractivity contribution in [2.24, 2.45) is 0 Å². The number of nitrogens with one attached hydrogen (secondary N) is 2. The lowest BCUT2D eigenvalue weighted by Gasteiger charge is -2.28. The number of nitrogens with zero attached hydrogens (tertiary/aromatic N) is 7. The highest BCUT2D eigenvalue weighted by atomic mass is 35.5. The molecule has 0 saturated carbocycles. The van der Waals surface area contributed by atoms with Crippen molar-refractivity contribution in [1.29, 1.82) is 0 Å². The topological polar surface area (TPSA) is 285 Å². The van der Waals surface area contributed by atoms with E-state index in [1.54, 1.807) is 61.8 Å². The van der Waals surface area contributed by atoms with Crippen molar-refractivity contribution in [1.82, 2.24) is 44.5 Å². The van der Waals surface area contributed by atoms with Gasteiger partial charge in [-0.05, 0) is 154 Å². The van der Waals surface area contributed by atoms with E-state index in [1.165, 1.54) is 28.0 Å². The Balaban J connectivity index is 0.000000156. The summed E-state index contributed by atoms with van der Waals surface area (Å²) in [7, 11) is 0. The lowest BCUT2D eigenvalue weighted by atomic mass is 10.0. The van der Waals surface area contributed by atoms with Crippen molar-refractivity contribution in [3.05, 3.63) is 175 Å². The van der Waals surface area contributed by atoms with Crippen molar-refractivity contribution >= 4 is 93.4 Å². The third kappa shape index (κ3) is 17.0. The number of aliphatic hydroxyl groups excluding tert-OH is 2. The molecule has 7 heterocycles. The van der Waals surface area contributed by atoms with Crippen LogP contribution in [0.4, 0.5) is 0 Å². The highest BCUT2D eigenvalue weighted by molar-refractivity contribution is 7.03. The number of carboxylic acids is 1. The summed E-state index contributed by atoms with van der Waals surface area (Å²) in [5, 5.41) is 49.1. The molecule has 5 aliphatic heterocycles. The van der Waals surface area contributed by atoms with E-state index in [0.29, 0.717) is 47.7 Å². The van der Waals surface area contributed by atoms with Crippen molar-refractivity contribution in [2.75, 3.05) is 19.6 Å². The average Bonchev–Trinajstić information content (AvgIpc) is 1.74. The van der Waals surface area contributed by atoms with Gasteiger partial charge in [-0.3, -0.25) is 24.0 Å². The molecule has 0 bridgehead atoms. The first-order chi connectivity index (χ1) is 44.5. The van der Waals surface area contributed by atoms with Gasteiger partial charge in [0.25, 0.3) is 29.5 Å². The van der Waals surface area contributed by atoms with Crippen LogP contribution in [0.5, 0.6) is 0 Å². The highest BCUT2D eigenvalue weighted by Gasteiger charge is 2.53. The van der Waals surface area contributed by atoms with Crippen molar-refractivity contribution in [3.63, 3.8) is 0 Å². The molecular weight excluding hydrogens is 1300 g/mol. The molecule has 5 fully saturated rings. The van der Waals surface area contributed by atoms with Gasteiger partial charge >= 0.3 is 5.97 Å². The first-order valence-electron chi connectivity index (χ1n) is 30.3. The zero-order valence-electron chi connectivity index (χ0n) is 51.2. The second kappa shape index (κ2) is 30.4. The maximum atomic E-state index is 13.6. The molecule has 490 valence electrons. The van der Waals surface area contributed by atoms with Gasteiger partial charge in [-0.15, -0.1) is 10.2 Å². The number of hydrogen-bond acceptors (Lipinski definition) is 18. The summed E-state index contributed by atoms with van der Waals surface area (Å²) >= 11 is 20.9. The number of amides is 5. The molecule has 0 aliphatic carbocycles. The number of hydrogen-bond donors (Lipinski definition) is 5. The molecule has 0 spiro atoms. The van der Waals surface area contributed by atoms with E-state index in [0.717, 1.165) is 82.4 Å². The Labute approximate surface area is 560 Å². The quantitative estimate of drug-likeness (QED) is 0.0602. The second-order valence-corrected chi connectivity index (χ2v) is 26.4. The van der Waals surface area contributed by atoms with Gasteiger partial charge in [0, 0.05) is 69.7 Å². The van der Waals surface area contributed by atoms with Crippen LogP contribution in [0.2, 0.25) is 15.1 Å². The average molecular weight is 1370 g/mol. The van der Waals surface area contributed by atoms with Crippen LogP contribution in [0, 0.1) is 0 Å². The summed E-state index contributed by atoms with van der Waals surface area (Å²) in [5.41, 5.74) is 7.93. The van der Waals surface area contributed by atoms with Crippen LogP contribution in [-0.4, -0.2) is 153 Å². The van der Waals surface area contributed by atoms with E-state index in [-0.39, 0.29) is 42.4 Å². The molecule has 9 atom stereocenters. The first-order valence-corrected chi connectivity index (χ1v) is 33.1. The van der Waals surface area contributed by atoms with Crippen molar-refractivity contribution in [3.8, 4) is 22.5 Å². The largest absolute Gasteiger partial charge is 0.479 e. The number of carbonyl (C=O) groups excluding carboxylic acids is 5. The predicted octanol–water partition coefficient (Wildman–Crippen LogP) is 9.53. The second-order valence-electron chi connectivity index (χ2n) is 23.8. The van der Waals surface area contributed by atoms with Gasteiger partial charge in [0.15, 0.2) is 48.2 Å². The lowest BCUT2D eigenvalue weighted by molar-refractivity contribution is -0.167. The molecule has 5 N–H and O–H groups in total. The third-order valence-electron chi connectivity index (χ3n) is 16.5. The molecule has 3 unspecified atom stereocenters. The van der Waals surface area contributed by atoms with Crippen LogP contribution < -0.4 is 10.6 Å². The van der Waals surface area contributed by atoms with Crippen LogP contribution in [0.1, 0.15) is 112 Å². The Bertz CT molecular complexity index is 3760. The number of halogens is 3. The van der Waals surface area contributed by atoms with Gasteiger partial charge in [0.1, 0.15) is 11.4 Å². The summed E-state index contributed by atoms with van der Waals surface area (Å²) in [6.45, 7) is 8.65. The van der Waals surface area contributed by atoms with Crippen LogP contribution in [0.25, 0.3) is 22.5 Å². The van der Waals surface area contributed by atoms with Crippen molar-refractivity contribution < 1.29 is 63.0 Å². The summed E-state index contributed by atoms with van der Waals surface area (Å²) < 4.78 is 30.5. The standard InChI is InChI=1S/C26H27ClN4O4S.C23H23ClN4O4S.C17H20ClNO5/c1-26(2)34-22(24(32)28-14-16-8-10-17(11-9-16)20-15-36-30-29-20)23(35-26)25(33)31-12-4-7-21(31)18-5-3-6-19(27)13-18;24-17-4-1-3-16(11-17)19-5-2-10-28(19)23(32)21(30)20(29)22(31)25-12-14-6-8-15(9-7-14)18-13-33-27-26-18;1-17(2)23-13(14(24-17)16(21)22)15(20)19-8-4-7-12(19)10-5-3-6-11(18)9-10/h3,5-6,8-11,13,15,21-23H,4,7,12,14H2,1-2H3,(H,28,32);1,3-4,6-9,11,13,19-21,29-30H,2,5,10,12H2,(H,25,31);3,5-6,9,12-14H,4,7-8H2,1-2H3,(H,21,22)/t21?,22-,23-;19?,20-,21-;12?,13-,14-/m111/s1. The molecular formula is C66H70Cl3N9O13S2. The third-order valence-corrected chi connectivity index (χ3v) is 18.2. The molecule has 27 heteroatoms. The number of carbonyl (C=O) groups is 6. The molecule has 7 aromatic rings. The number of aliphatic carboxylic acids is 1. The van der Waals surface area contributed by atoms with Gasteiger partial charge in [-0.2, -0.15) is 0 Å². The Morgan fingerprint density at radius 1 is 0.538 bits per heavy atom. The fourth-order valence-corrected chi connectivity index (χ4v) is 13.6. The minimum Gasteiger partial charge on any atom is -0.479 e. The number of ether oxygens (including phenoxy) is 4. The van der Waals surface area contributed by atoms with E-state index in [4.69, 9.17) is 53.8 Å². The van der Waals surface area contributed by atoms with E-state index < -0.39 is 66.0 Å². The predicted molar refractivity (Wildman–Crippen MR) is 347 cm³/mol. The van der Waals surface area contributed by atoms with Gasteiger partial charge in [-0.25, -0.2) is 4.79 Å². The smallest absolute Gasteiger partial charge is 0.336 e. The fraction of sp³-hybridized carbons (Fsp3) is 0.394. The molecule has 0 radical (unpaired) electrons. The molecule has 2 aromatic heterocycles. The Hall–Kier alpha value is -7.33. The van der Waals surface area contributed by atoms with E-state index in [9.17, 15) is 44.1 Å². The lowest BCUT2D eigenvalue weighted by Crippen LogP contribution is -2.50. The molecule has 12 rings (SSSR count). The zero-order chi connectivity index (χ0) is 66.1. The highest BCUT2D eigenvalue weighted by Crippen LogP contribution is 2.40. The van der Waals surface area contributed by atoms with Crippen molar-refractivity contribution in [2.45, 2.75) is 146 Å². The Morgan fingerprint density at radius 3 is 1.33 bits per heavy atom. The van der Waals surface area contributed by atoms with Gasteiger partial charge in [0.05, 0.1) is 18.1 Å². The number of rotatable bonds is 16. The normalized spacial score (nSPS) is 22.6. The molecule has 93 heavy (non-hydrogen) atoms. The number of aromatic nitrogens is 4. The molecule has 5 amide bonds. The summed E-state index contributed by atoms with van der Waals surface area (Å²) in [6.07, 6.45) is -3.44. The summed E-state index contributed by atoms with van der Waals surface area (Å²) in [4.78, 5) is 81.4. The van der Waals surface area contributed by atoms with E-state index in [1.807, 2.05) is 108 Å². The molecule has 5 aliphatic rings. The zero-order valence-corrected chi connectivity index (χ0v) is 55.1. The van der Waals surface area contributed by atoms with Crippen LogP contribution in [0.15, 0.2) is 132 Å². The maximum Gasteiger partial charge on any atom is 0.336 e. The minimum absolute atomic E-state index is 0.112. The van der Waals surface area contributed by atoms with Crippen LogP contribution >= 0.6 is 57.9 Å². The van der Waals surface area contributed by atoms with E-state index >= 15 is 0 Å². The SMILES string of the molecule is CC1(C)O[C@@H](C(=O)NCc2ccc(-c3csnn3)cc2)[C@H](C(=O)N2CCCC2c2cccc(Cl)c2)O1.CC1(C)O[C@@H](C(=O)O)[C@H](C(=O)N2CCCC2c2cccc(Cl)c2)O1.O=C(NCc1ccc(-c2csnn2)cc1)[C@H](O)[C@@H](O)C(=O)N1CCCC1c1cccc(Cl)c1. The monoisotopic (exact) mass is 1370 g/mol. The molecule has 5 saturated heterocycles. The van der Waals surface area contributed by atoms with Gasteiger partial charge in [0.2, 0.25) is 0 Å². The van der Waals surface area contributed by atoms with Crippen LogP contribution in [-0.2, 0) is 60.8 Å². The molecule has 22 nitrogen and oxygen atoms in total. The fourth-order valence-electron chi connectivity index (χ4n) is 12.1.